The molecule has 2 aromatic rings. The van der Waals surface area contributed by atoms with Crippen LogP contribution in [0.5, 0.6) is 17.2 Å². The molecule has 5 heteroatoms. The molecule has 4 rings (SSSR count). The summed E-state index contributed by atoms with van der Waals surface area (Å²) < 4.78 is 17.5. The van der Waals surface area contributed by atoms with Crippen LogP contribution in [0, 0.1) is 0 Å². The van der Waals surface area contributed by atoms with Gasteiger partial charge in [-0.05, 0) is 43.0 Å². The van der Waals surface area contributed by atoms with Gasteiger partial charge in [-0.3, -0.25) is 4.79 Å². The number of aryl methyl sites for hydroxylation is 1. The van der Waals surface area contributed by atoms with Crippen LogP contribution in [0.2, 0.25) is 0 Å². The zero-order valence-corrected chi connectivity index (χ0v) is 17.2. The average molecular weight is 395 g/mol. The summed E-state index contributed by atoms with van der Waals surface area (Å²) >= 11 is 0. The first kappa shape index (κ1) is 19.6. The van der Waals surface area contributed by atoms with E-state index in [1.807, 2.05) is 36.4 Å². The van der Waals surface area contributed by atoms with Crippen LogP contribution in [-0.4, -0.2) is 24.7 Å². The molecule has 1 amide bonds. The topological polar surface area (TPSA) is 56.8 Å². The molecule has 0 spiro atoms. The van der Waals surface area contributed by atoms with Gasteiger partial charge in [0.2, 0.25) is 5.91 Å². The van der Waals surface area contributed by atoms with Crippen molar-refractivity contribution in [2.45, 2.75) is 57.6 Å². The van der Waals surface area contributed by atoms with Gasteiger partial charge in [-0.2, -0.15) is 0 Å². The van der Waals surface area contributed by atoms with E-state index in [4.69, 9.17) is 14.2 Å². The van der Waals surface area contributed by atoms with Crippen molar-refractivity contribution in [3.8, 4) is 17.2 Å². The fraction of sp³-hybridized carbons (Fsp3) is 0.458. The van der Waals surface area contributed by atoms with E-state index in [9.17, 15) is 4.79 Å². The Labute approximate surface area is 172 Å². The third-order valence-corrected chi connectivity index (χ3v) is 6.07. The third-order valence-electron chi connectivity index (χ3n) is 6.07. The predicted molar refractivity (Wildman–Crippen MR) is 112 cm³/mol. The van der Waals surface area contributed by atoms with Crippen LogP contribution in [0.4, 0.5) is 0 Å². The normalized spacial score (nSPS) is 19.0. The van der Waals surface area contributed by atoms with Crippen LogP contribution in [-0.2, 0) is 11.2 Å². The van der Waals surface area contributed by atoms with Crippen LogP contribution in [0.1, 0.15) is 56.7 Å². The van der Waals surface area contributed by atoms with Gasteiger partial charge >= 0.3 is 0 Å². The summed E-state index contributed by atoms with van der Waals surface area (Å²) in [6, 6.07) is 13.9. The zero-order valence-electron chi connectivity index (χ0n) is 17.2. The number of hydrogen-bond donors (Lipinski definition) is 1. The van der Waals surface area contributed by atoms with E-state index in [1.54, 1.807) is 0 Å². The number of fused-ring (bicyclic) bond motifs is 2. The van der Waals surface area contributed by atoms with Gasteiger partial charge in [0.1, 0.15) is 24.6 Å². The maximum atomic E-state index is 12.8. The Morgan fingerprint density at radius 3 is 2.59 bits per heavy atom. The number of amides is 1. The lowest BCUT2D eigenvalue weighted by Crippen LogP contribution is -2.44. The van der Waals surface area contributed by atoms with E-state index in [2.05, 4.69) is 25.2 Å². The van der Waals surface area contributed by atoms with Crippen LogP contribution < -0.4 is 19.5 Å². The van der Waals surface area contributed by atoms with Gasteiger partial charge in [0.05, 0.1) is 6.04 Å². The smallest absolute Gasteiger partial charge is 0.220 e. The molecule has 0 aliphatic carbocycles. The van der Waals surface area contributed by atoms with Crippen molar-refractivity contribution in [1.29, 1.82) is 0 Å². The number of para-hydroxylation sites is 1. The van der Waals surface area contributed by atoms with Gasteiger partial charge in [0, 0.05) is 18.4 Å². The van der Waals surface area contributed by atoms with Gasteiger partial charge in [-0.1, -0.05) is 38.1 Å². The summed E-state index contributed by atoms with van der Waals surface area (Å²) in [5, 5.41) is 3.26. The molecule has 2 heterocycles. The number of hydrogen-bond acceptors (Lipinski definition) is 4. The first-order chi connectivity index (χ1) is 14.1. The molecule has 0 fully saturated rings. The Bertz CT molecular complexity index is 875. The second kappa shape index (κ2) is 8.36. The SMILES string of the molecule is CCC1(CC)C[C@H](NC(=O)CCc2ccc3c(c2)OCCO3)c2ccccc2O1. The number of carbonyl (C=O) groups excluding carboxylic acids is 1. The number of rotatable bonds is 6. The molecule has 0 unspecified atom stereocenters. The minimum atomic E-state index is -0.220. The Morgan fingerprint density at radius 1 is 1.03 bits per heavy atom. The molecular formula is C24H29NO4. The molecule has 0 saturated heterocycles. The van der Waals surface area contributed by atoms with Crippen LogP contribution >= 0.6 is 0 Å². The average Bonchev–Trinajstić information content (AvgIpc) is 2.77. The summed E-state index contributed by atoms with van der Waals surface area (Å²) in [5.74, 6) is 2.49. The second-order valence-corrected chi connectivity index (χ2v) is 7.83. The lowest BCUT2D eigenvalue weighted by molar-refractivity contribution is -0.122. The maximum absolute atomic E-state index is 12.8. The quantitative estimate of drug-likeness (QED) is 0.777. The minimum absolute atomic E-state index is 0.0207. The molecule has 2 aromatic carbocycles. The first-order valence-electron chi connectivity index (χ1n) is 10.6. The van der Waals surface area contributed by atoms with E-state index < -0.39 is 0 Å². The lowest BCUT2D eigenvalue weighted by Gasteiger charge is -2.41. The number of benzene rings is 2. The number of nitrogens with one attached hydrogen (secondary N) is 1. The minimum Gasteiger partial charge on any atom is -0.487 e. The highest BCUT2D eigenvalue weighted by molar-refractivity contribution is 5.77. The number of carbonyl (C=O) groups is 1. The molecule has 1 atom stereocenters. The molecule has 0 bridgehead atoms. The molecule has 2 aliphatic heterocycles. The van der Waals surface area contributed by atoms with Gasteiger partial charge in [-0.25, -0.2) is 0 Å². The van der Waals surface area contributed by atoms with Gasteiger partial charge < -0.3 is 19.5 Å². The lowest BCUT2D eigenvalue weighted by atomic mass is 9.83. The van der Waals surface area contributed by atoms with Crippen molar-refractivity contribution < 1.29 is 19.0 Å². The summed E-state index contributed by atoms with van der Waals surface area (Å²) in [7, 11) is 0. The van der Waals surface area contributed by atoms with Crippen LogP contribution in [0.25, 0.3) is 0 Å². The van der Waals surface area contributed by atoms with Gasteiger partial charge in [0.15, 0.2) is 11.5 Å². The predicted octanol–water partition coefficient (Wildman–Crippen LogP) is 4.59. The van der Waals surface area contributed by atoms with E-state index in [0.717, 1.165) is 47.6 Å². The highest BCUT2D eigenvalue weighted by Crippen LogP contribution is 2.42. The highest BCUT2D eigenvalue weighted by Gasteiger charge is 2.38. The van der Waals surface area contributed by atoms with Crippen molar-refractivity contribution in [2.75, 3.05) is 13.2 Å². The van der Waals surface area contributed by atoms with Gasteiger partial charge in [-0.15, -0.1) is 0 Å². The van der Waals surface area contributed by atoms with Crippen molar-refractivity contribution in [3.05, 3.63) is 53.6 Å². The Kier molecular flexibility index (Phi) is 5.65. The highest BCUT2D eigenvalue weighted by atomic mass is 16.6. The Hall–Kier alpha value is -2.69. The van der Waals surface area contributed by atoms with Crippen LogP contribution in [0.3, 0.4) is 0 Å². The molecule has 0 saturated carbocycles. The van der Waals surface area contributed by atoms with E-state index in [-0.39, 0.29) is 17.6 Å². The van der Waals surface area contributed by atoms with E-state index >= 15 is 0 Å². The van der Waals surface area contributed by atoms with E-state index in [0.29, 0.717) is 26.1 Å². The molecule has 0 radical (unpaired) electrons. The number of ether oxygens (including phenoxy) is 3. The molecule has 5 nitrogen and oxygen atoms in total. The van der Waals surface area contributed by atoms with Crippen molar-refractivity contribution in [3.63, 3.8) is 0 Å². The molecule has 2 aliphatic rings. The Balaban J connectivity index is 1.42. The van der Waals surface area contributed by atoms with Crippen LogP contribution in [0.15, 0.2) is 42.5 Å². The second-order valence-electron chi connectivity index (χ2n) is 7.83. The fourth-order valence-electron chi connectivity index (χ4n) is 4.20. The molecule has 0 aromatic heterocycles. The largest absolute Gasteiger partial charge is 0.487 e. The molecule has 29 heavy (non-hydrogen) atoms. The van der Waals surface area contributed by atoms with Crippen molar-refractivity contribution >= 4 is 5.91 Å². The standard InChI is InChI=1S/C24H29NO4/c1-3-24(4-2)16-19(18-7-5-6-8-20(18)29-24)25-23(26)12-10-17-9-11-21-22(15-17)28-14-13-27-21/h5-9,11,15,19H,3-4,10,12-14,16H2,1-2H3,(H,25,26)/t19-/m0/s1. The zero-order chi connectivity index (χ0) is 20.3. The molecular weight excluding hydrogens is 366 g/mol. The first-order valence-corrected chi connectivity index (χ1v) is 10.6. The summed E-state index contributed by atoms with van der Waals surface area (Å²) in [5.41, 5.74) is 1.92. The summed E-state index contributed by atoms with van der Waals surface area (Å²) in [4.78, 5) is 12.8. The summed E-state index contributed by atoms with van der Waals surface area (Å²) in [6.45, 7) is 5.45. The van der Waals surface area contributed by atoms with Crippen molar-refractivity contribution in [2.24, 2.45) is 0 Å². The molecule has 154 valence electrons. The third kappa shape index (κ3) is 4.19. The monoisotopic (exact) mass is 395 g/mol. The maximum Gasteiger partial charge on any atom is 0.220 e. The van der Waals surface area contributed by atoms with E-state index in [1.165, 1.54) is 0 Å². The Morgan fingerprint density at radius 2 is 1.79 bits per heavy atom. The fourth-order valence-corrected chi connectivity index (χ4v) is 4.20. The van der Waals surface area contributed by atoms with Gasteiger partial charge in [0.25, 0.3) is 0 Å². The summed E-state index contributed by atoms with van der Waals surface area (Å²) in [6.07, 6.45) is 3.74. The molecule has 1 N–H and O–H groups in total. The van der Waals surface area contributed by atoms with Crippen molar-refractivity contribution in [1.82, 2.24) is 5.32 Å².